The summed E-state index contributed by atoms with van der Waals surface area (Å²) in [6, 6.07) is 5.68. The van der Waals surface area contributed by atoms with E-state index in [-0.39, 0.29) is 23.1 Å². The van der Waals surface area contributed by atoms with Gasteiger partial charge in [0.05, 0.1) is 29.1 Å². The Labute approximate surface area is 201 Å². The van der Waals surface area contributed by atoms with Crippen molar-refractivity contribution in [2.75, 3.05) is 18.5 Å². The minimum Gasteiger partial charge on any atom is -0.444 e. The van der Waals surface area contributed by atoms with Gasteiger partial charge in [0.2, 0.25) is 5.89 Å². The van der Waals surface area contributed by atoms with Gasteiger partial charge in [0, 0.05) is 36.2 Å². The van der Waals surface area contributed by atoms with Gasteiger partial charge in [-0.05, 0) is 25.0 Å². The van der Waals surface area contributed by atoms with Gasteiger partial charge in [0.1, 0.15) is 10.8 Å². The Kier molecular flexibility index (Phi) is 6.87. The van der Waals surface area contributed by atoms with E-state index in [1.165, 1.54) is 40.9 Å². The van der Waals surface area contributed by atoms with Crippen molar-refractivity contribution in [1.82, 2.24) is 25.0 Å². The molecule has 1 aliphatic heterocycles. The number of benzene rings is 1. The first-order valence-electron chi connectivity index (χ1n) is 11.0. The zero-order chi connectivity index (χ0) is 24.3. The number of likely N-dealkylation sites (tertiary alicyclic amines) is 1. The van der Waals surface area contributed by atoms with Crippen LogP contribution >= 0.6 is 11.8 Å². The molecule has 0 bridgehead atoms. The molecule has 1 aromatic carbocycles. The summed E-state index contributed by atoms with van der Waals surface area (Å²) < 4.78 is 5.81. The number of carbonyl (C=O) groups excluding carboxylic acids is 1. The van der Waals surface area contributed by atoms with Crippen LogP contribution in [0.3, 0.4) is 0 Å². The van der Waals surface area contributed by atoms with E-state index in [2.05, 4.69) is 41.4 Å². The number of non-ortho nitro benzene ring substituents is 1. The third kappa shape index (κ3) is 5.74. The average molecular weight is 486 g/mol. The second-order valence-electron chi connectivity index (χ2n) is 9.15. The van der Waals surface area contributed by atoms with Crippen molar-refractivity contribution >= 4 is 23.4 Å². The van der Waals surface area contributed by atoms with Crippen LogP contribution in [0, 0.1) is 10.1 Å². The predicted molar refractivity (Wildman–Crippen MR) is 126 cm³/mol. The zero-order valence-corrected chi connectivity index (χ0v) is 20.1. The van der Waals surface area contributed by atoms with Crippen molar-refractivity contribution in [2.24, 2.45) is 0 Å². The highest BCUT2D eigenvalue weighted by Crippen LogP contribution is 2.26. The average Bonchev–Trinajstić information content (AvgIpc) is 3.47. The van der Waals surface area contributed by atoms with Gasteiger partial charge < -0.3 is 9.32 Å². The number of hydrogen-bond acceptors (Lipinski definition) is 9. The molecule has 2 aromatic heterocycles. The van der Waals surface area contributed by atoms with E-state index in [0.717, 1.165) is 23.6 Å². The molecule has 0 spiro atoms. The molecule has 1 saturated heterocycles. The van der Waals surface area contributed by atoms with E-state index in [1.54, 1.807) is 17.3 Å². The van der Waals surface area contributed by atoms with Crippen LogP contribution in [0.5, 0.6) is 0 Å². The summed E-state index contributed by atoms with van der Waals surface area (Å²) in [6.07, 6.45) is 5.15. The predicted octanol–water partition coefficient (Wildman–Crippen LogP) is 3.61. The van der Waals surface area contributed by atoms with Crippen LogP contribution in [-0.2, 0) is 11.2 Å². The lowest BCUT2D eigenvalue weighted by atomic mass is 9.94. The summed E-state index contributed by atoms with van der Waals surface area (Å²) >= 11 is 1.48. The number of hydrogen-bond donors (Lipinski definition) is 1. The summed E-state index contributed by atoms with van der Waals surface area (Å²) in [5.41, 5.74) is 3.55. The smallest absolute Gasteiger partial charge is 0.269 e. The molecule has 0 saturated carbocycles. The van der Waals surface area contributed by atoms with Gasteiger partial charge in [0.25, 0.3) is 11.6 Å². The van der Waals surface area contributed by atoms with Gasteiger partial charge in [-0.25, -0.2) is 4.98 Å². The number of thioether (sulfide) groups is 1. The summed E-state index contributed by atoms with van der Waals surface area (Å²) in [7, 11) is 0. The normalized spacial score (nSPS) is 16.4. The largest absolute Gasteiger partial charge is 0.444 e. The van der Waals surface area contributed by atoms with E-state index in [0.29, 0.717) is 30.3 Å². The summed E-state index contributed by atoms with van der Waals surface area (Å²) in [4.78, 5) is 30.7. The number of amides is 1. The highest BCUT2D eigenvalue weighted by atomic mass is 32.2. The van der Waals surface area contributed by atoms with Crippen LogP contribution in [0.4, 0.5) is 5.69 Å². The van der Waals surface area contributed by atoms with Crippen molar-refractivity contribution < 1.29 is 14.1 Å². The summed E-state index contributed by atoms with van der Waals surface area (Å²) in [5.74, 6) is 1.89. The molecule has 11 nitrogen and oxygen atoms in total. The molecular weight excluding hydrogens is 458 g/mol. The van der Waals surface area contributed by atoms with Crippen LogP contribution in [0.15, 0.2) is 46.1 Å². The molecule has 1 amide bonds. The van der Waals surface area contributed by atoms with Crippen LogP contribution in [0.1, 0.15) is 55.6 Å². The molecule has 0 aliphatic carbocycles. The molecule has 34 heavy (non-hydrogen) atoms. The van der Waals surface area contributed by atoms with Crippen molar-refractivity contribution in [3.05, 3.63) is 64.0 Å². The summed E-state index contributed by atoms with van der Waals surface area (Å²) in [6.45, 7) is 7.36. The molecule has 1 aliphatic rings. The fraction of sp³-hybridized carbons (Fsp3) is 0.455. The second kappa shape index (κ2) is 9.84. The Hall–Kier alpha value is -3.41. The monoisotopic (exact) mass is 485 g/mol. The minimum atomic E-state index is -0.479. The van der Waals surface area contributed by atoms with E-state index < -0.39 is 4.92 Å². The molecule has 0 radical (unpaired) electrons. The number of rotatable bonds is 7. The van der Waals surface area contributed by atoms with E-state index in [9.17, 15) is 14.9 Å². The Balaban J connectivity index is 1.30. The van der Waals surface area contributed by atoms with Crippen LogP contribution in [-0.4, -0.2) is 54.9 Å². The number of aromatic nitrogens is 4. The molecule has 4 rings (SSSR count). The fourth-order valence-corrected chi connectivity index (χ4v) is 4.24. The lowest BCUT2D eigenvalue weighted by molar-refractivity contribution is -0.384. The van der Waals surface area contributed by atoms with Crippen LogP contribution < -0.4 is 5.43 Å². The molecule has 1 fully saturated rings. The fourth-order valence-electron chi connectivity index (χ4n) is 3.58. The van der Waals surface area contributed by atoms with Gasteiger partial charge in [0.15, 0.2) is 0 Å². The third-order valence-corrected chi connectivity index (χ3v) is 6.31. The topological polar surface area (TPSA) is 132 Å². The number of nitro benzene ring substituents is 1. The molecular formula is C22H27N7O4S. The molecule has 1 atom stereocenters. The molecule has 180 valence electrons. The molecule has 3 heterocycles. The molecule has 1 unspecified atom stereocenters. The third-order valence-electron chi connectivity index (χ3n) is 5.44. The highest BCUT2D eigenvalue weighted by Gasteiger charge is 2.25. The van der Waals surface area contributed by atoms with Crippen molar-refractivity contribution in [3.63, 3.8) is 0 Å². The van der Waals surface area contributed by atoms with E-state index in [1.807, 2.05) is 0 Å². The van der Waals surface area contributed by atoms with Gasteiger partial charge in [-0.15, -0.1) is 10.2 Å². The number of nitro groups is 1. The van der Waals surface area contributed by atoms with Crippen LogP contribution in [0.2, 0.25) is 0 Å². The zero-order valence-electron chi connectivity index (χ0n) is 19.3. The maximum Gasteiger partial charge on any atom is 0.269 e. The SMILES string of the molecule is CC(C)(C)c1cnc(CSc2cnn(NC3CCCN(C(=O)c4ccc([N+](=O)[O-])cc4)C3)n2)o1. The Morgan fingerprint density at radius 3 is 2.74 bits per heavy atom. The maximum atomic E-state index is 12.8. The Morgan fingerprint density at radius 1 is 1.29 bits per heavy atom. The quantitative estimate of drug-likeness (QED) is 0.303. The number of nitrogens with zero attached hydrogens (tertiary/aromatic N) is 6. The number of nitrogens with one attached hydrogen (secondary N) is 1. The Morgan fingerprint density at radius 2 is 2.06 bits per heavy atom. The van der Waals surface area contributed by atoms with Gasteiger partial charge in [-0.1, -0.05) is 37.4 Å². The van der Waals surface area contributed by atoms with Gasteiger partial charge >= 0.3 is 0 Å². The number of piperidine rings is 1. The van der Waals surface area contributed by atoms with E-state index in [4.69, 9.17) is 4.42 Å². The lowest BCUT2D eigenvalue weighted by Crippen LogP contribution is -2.47. The summed E-state index contributed by atoms with van der Waals surface area (Å²) in [5, 5.41) is 20.3. The number of oxazole rings is 1. The lowest BCUT2D eigenvalue weighted by Gasteiger charge is -2.33. The van der Waals surface area contributed by atoms with Crippen LogP contribution in [0.25, 0.3) is 0 Å². The van der Waals surface area contributed by atoms with Gasteiger partial charge in [-0.2, -0.15) is 0 Å². The van der Waals surface area contributed by atoms with Crippen molar-refractivity contribution in [1.29, 1.82) is 0 Å². The van der Waals surface area contributed by atoms with Gasteiger partial charge in [-0.3, -0.25) is 20.3 Å². The standard InChI is InChI=1S/C22H27N7O4S/c1-22(2,3)18-11-23-19(33-18)14-34-20-12-24-29(26-20)25-16-5-4-10-27(13-16)21(30)15-6-8-17(9-7-15)28(31)32/h6-9,11-12,16,25H,4-5,10,13-14H2,1-3H3. The molecule has 12 heteroatoms. The number of carbonyl (C=O) groups is 1. The highest BCUT2D eigenvalue weighted by molar-refractivity contribution is 7.98. The first-order chi connectivity index (χ1) is 16.2. The second-order valence-corrected chi connectivity index (χ2v) is 10.1. The maximum absolute atomic E-state index is 12.8. The molecule has 3 aromatic rings. The first kappa shape index (κ1) is 23.7. The van der Waals surface area contributed by atoms with E-state index >= 15 is 0 Å². The van der Waals surface area contributed by atoms with Crippen molar-refractivity contribution in [2.45, 2.75) is 55.8 Å². The molecule has 1 N–H and O–H groups in total. The minimum absolute atomic E-state index is 0.0120. The first-order valence-corrected chi connectivity index (χ1v) is 12.0. The Bertz CT molecular complexity index is 1150. The van der Waals surface area contributed by atoms with Crippen molar-refractivity contribution in [3.8, 4) is 0 Å².